The van der Waals surface area contributed by atoms with Crippen molar-refractivity contribution in [2.45, 2.75) is 13.3 Å². The van der Waals surface area contributed by atoms with Crippen molar-refractivity contribution >= 4 is 28.3 Å². The van der Waals surface area contributed by atoms with Crippen LogP contribution in [0.5, 0.6) is 5.75 Å². The fraction of sp³-hybridized carbons (Fsp3) is 0.211. The van der Waals surface area contributed by atoms with E-state index in [2.05, 4.69) is 25.0 Å². The zero-order valence-corrected chi connectivity index (χ0v) is 16.8. The first-order valence-corrected chi connectivity index (χ1v) is 9.31. The minimum Gasteiger partial charge on any atom is -0.497 e. The number of aryl methyl sites for hydroxylation is 1. The summed E-state index contributed by atoms with van der Waals surface area (Å²) in [6.45, 7) is 1.64. The average Bonchev–Trinajstić information content (AvgIpc) is 3.07. The molecule has 2 heterocycles. The van der Waals surface area contributed by atoms with Crippen molar-refractivity contribution in [2.75, 3.05) is 19.5 Å². The molecule has 29 heavy (non-hydrogen) atoms. The highest BCUT2D eigenvalue weighted by Gasteiger charge is 2.18. The van der Waals surface area contributed by atoms with Gasteiger partial charge in [0, 0.05) is 12.5 Å². The summed E-state index contributed by atoms with van der Waals surface area (Å²) >= 11 is 0.986. The number of H-pyrrole nitrogens is 1. The molecule has 9 nitrogen and oxygen atoms in total. The van der Waals surface area contributed by atoms with Crippen LogP contribution in [0.2, 0.25) is 0 Å². The van der Waals surface area contributed by atoms with Gasteiger partial charge in [0.25, 0.3) is 11.5 Å². The van der Waals surface area contributed by atoms with Gasteiger partial charge in [0.2, 0.25) is 0 Å². The highest BCUT2D eigenvalue weighted by atomic mass is 32.1. The van der Waals surface area contributed by atoms with E-state index in [1.54, 1.807) is 26.2 Å². The molecule has 0 spiro atoms. The van der Waals surface area contributed by atoms with Gasteiger partial charge >= 0.3 is 5.97 Å². The van der Waals surface area contributed by atoms with Crippen LogP contribution in [0.15, 0.2) is 35.1 Å². The molecule has 3 aromatic rings. The number of aromatic nitrogens is 3. The van der Waals surface area contributed by atoms with E-state index in [0.29, 0.717) is 28.6 Å². The van der Waals surface area contributed by atoms with Gasteiger partial charge in [0.15, 0.2) is 5.13 Å². The molecule has 2 N–H and O–H groups in total. The first-order valence-electron chi connectivity index (χ1n) is 8.50. The normalized spacial score (nSPS) is 10.4. The number of carbonyl (C=O) groups is 2. The van der Waals surface area contributed by atoms with Crippen LogP contribution < -0.4 is 15.6 Å². The zero-order valence-electron chi connectivity index (χ0n) is 15.9. The molecule has 3 rings (SSSR count). The third kappa shape index (κ3) is 4.85. The summed E-state index contributed by atoms with van der Waals surface area (Å²) in [4.78, 5) is 47.5. The maximum atomic E-state index is 12.5. The molecule has 0 aliphatic carbocycles. The molecule has 2 aromatic heterocycles. The fourth-order valence-electron chi connectivity index (χ4n) is 2.54. The Morgan fingerprint density at radius 2 is 1.90 bits per heavy atom. The number of carbonyl (C=O) groups excluding carboxylic acids is 2. The van der Waals surface area contributed by atoms with Gasteiger partial charge in [0.05, 0.1) is 19.9 Å². The third-order valence-corrected chi connectivity index (χ3v) is 4.99. The second-order valence-electron chi connectivity index (χ2n) is 5.98. The summed E-state index contributed by atoms with van der Waals surface area (Å²) in [7, 11) is 2.85. The van der Waals surface area contributed by atoms with Crippen LogP contribution in [0.4, 0.5) is 5.13 Å². The van der Waals surface area contributed by atoms with Gasteiger partial charge in [-0.1, -0.05) is 23.5 Å². The Labute approximate surface area is 169 Å². The molecule has 0 unspecified atom stereocenters. The highest BCUT2D eigenvalue weighted by Crippen LogP contribution is 2.23. The number of rotatable bonds is 6. The molecule has 0 fully saturated rings. The Morgan fingerprint density at radius 3 is 2.55 bits per heavy atom. The number of benzene rings is 1. The van der Waals surface area contributed by atoms with E-state index in [-0.39, 0.29) is 10.8 Å². The SMILES string of the molecule is COC(=O)c1sc(NC(=O)c2cc(=O)[nH]c(Cc3ccc(OC)cc3)n2)nc1C. The summed E-state index contributed by atoms with van der Waals surface area (Å²) in [6.07, 6.45) is 0.337. The molecular formula is C19H18N4O5S. The lowest BCUT2D eigenvalue weighted by Crippen LogP contribution is -2.20. The molecule has 0 bridgehead atoms. The van der Waals surface area contributed by atoms with Crippen molar-refractivity contribution in [1.82, 2.24) is 15.0 Å². The number of nitrogens with one attached hydrogen (secondary N) is 2. The summed E-state index contributed by atoms with van der Waals surface area (Å²) in [5.74, 6) is -0.0689. The highest BCUT2D eigenvalue weighted by molar-refractivity contribution is 7.17. The lowest BCUT2D eigenvalue weighted by atomic mass is 10.1. The predicted octanol–water partition coefficient (Wildman–Crippen LogP) is 2.17. The van der Waals surface area contributed by atoms with Crippen molar-refractivity contribution < 1.29 is 19.1 Å². The molecule has 0 aliphatic rings. The van der Waals surface area contributed by atoms with E-state index < -0.39 is 17.4 Å². The number of nitrogens with zero attached hydrogens (tertiary/aromatic N) is 2. The van der Waals surface area contributed by atoms with Gasteiger partial charge in [0.1, 0.15) is 22.1 Å². The van der Waals surface area contributed by atoms with Crippen molar-refractivity contribution in [2.24, 2.45) is 0 Å². The minimum atomic E-state index is -0.600. The van der Waals surface area contributed by atoms with E-state index >= 15 is 0 Å². The van der Waals surface area contributed by atoms with Gasteiger partial charge in [-0.3, -0.25) is 14.9 Å². The zero-order chi connectivity index (χ0) is 21.0. The molecule has 0 saturated heterocycles. The lowest BCUT2D eigenvalue weighted by molar-refractivity contribution is 0.0605. The van der Waals surface area contributed by atoms with Gasteiger partial charge in [-0.25, -0.2) is 14.8 Å². The largest absolute Gasteiger partial charge is 0.497 e. The van der Waals surface area contributed by atoms with E-state index in [0.717, 1.165) is 23.0 Å². The van der Waals surface area contributed by atoms with E-state index in [9.17, 15) is 14.4 Å². The van der Waals surface area contributed by atoms with Gasteiger partial charge < -0.3 is 14.5 Å². The Morgan fingerprint density at radius 1 is 1.17 bits per heavy atom. The van der Waals surface area contributed by atoms with E-state index in [1.807, 2.05) is 12.1 Å². The summed E-state index contributed by atoms with van der Waals surface area (Å²) in [5, 5.41) is 2.78. The monoisotopic (exact) mass is 414 g/mol. The van der Waals surface area contributed by atoms with Crippen LogP contribution in [0.25, 0.3) is 0 Å². The number of ether oxygens (including phenoxy) is 2. The first kappa shape index (κ1) is 20.2. The number of amides is 1. The molecule has 1 aromatic carbocycles. The summed E-state index contributed by atoms with van der Waals surface area (Å²) in [5.41, 5.74) is 0.838. The van der Waals surface area contributed by atoms with Crippen LogP contribution in [-0.2, 0) is 11.2 Å². The van der Waals surface area contributed by atoms with Crippen molar-refractivity contribution in [3.63, 3.8) is 0 Å². The van der Waals surface area contributed by atoms with Crippen LogP contribution >= 0.6 is 11.3 Å². The second kappa shape index (κ2) is 8.65. The molecule has 150 valence electrons. The van der Waals surface area contributed by atoms with Crippen LogP contribution in [0.1, 0.15) is 37.2 Å². The Bertz CT molecular complexity index is 1100. The van der Waals surface area contributed by atoms with Crippen molar-refractivity contribution in [3.05, 3.63) is 68.3 Å². The standard InChI is InChI=1S/C19H18N4O5S/c1-10-16(18(26)28-3)29-19(20-10)23-17(25)13-9-15(24)22-14(21-13)8-11-4-6-12(27-2)7-5-11/h4-7,9H,8H2,1-3H3,(H,20,23,25)(H,21,22,24). The molecule has 0 aliphatic heterocycles. The first-order chi connectivity index (χ1) is 13.9. The predicted molar refractivity (Wildman–Crippen MR) is 107 cm³/mol. The third-order valence-electron chi connectivity index (χ3n) is 3.94. The summed E-state index contributed by atoms with van der Waals surface area (Å²) < 4.78 is 9.79. The minimum absolute atomic E-state index is 0.0512. The van der Waals surface area contributed by atoms with Crippen molar-refractivity contribution in [3.8, 4) is 5.75 Å². The molecule has 0 atom stereocenters. The van der Waals surface area contributed by atoms with Crippen molar-refractivity contribution in [1.29, 1.82) is 0 Å². The molecule has 1 amide bonds. The fourth-order valence-corrected chi connectivity index (χ4v) is 3.42. The molecule has 0 radical (unpaired) electrons. The topological polar surface area (TPSA) is 123 Å². The van der Waals surface area contributed by atoms with Crippen LogP contribution in [0, 0.1) is 6.92 Å². The van der Waals surface area contributed by atoms with E-state index in [4.69, 9.17) is 4.74 Å². The second-order valence-corrected chi connectivity index (χ2v) is 6.98. The smallest absolute Gasteiger partial charge is 0.350 e. The van der Waals surface area contributed by atoms with Gasteiger partial charge in [-0.05, 0) is 24.6 Å². The number of hydrogen-bond donors (Lipinski definition) is 2. The number of methoxy groups -OCH3 is 2. The van der Waals surface area contributed by atoms with E-state index in [1.165, 1.54) is 7.11 Å². The number of hydrogen-bond acceptors (Lipinski definition) is 8. The number of anilines is 1. The maximum absolute atomic E-state index is 12.5. The Hall–Kier alpha value is -3.53. The molecular weight excluding hydrogens is 396 g/mol. The maximum Gasteiger partial charge on any atom is 0.350 e. The lowest BCUT2D eigenvalue weighted by Gasteiger charge is -2.05. The number of esters is 1. The number of thiazole rings is 1. The average molecular weight is 414 g/mol. The molecule has 0 saturated carbocycles. The van der Waals surface area contributed by atoms with Gasteiger partial charge in [-0.2, -0.15) is 0 Å². The van der Waals surface area contributed by atoms with Crippen LogP contribution in [0.3, 0.4) is 0 Å². The Balaban J connectivity index is 1.79. The van der Waals surface area contributed by atoms with Gasteiger partial charge in [-0.15, -0.1) is 0 Å². The molecule has 10 heteroatoms. The summed E-state index contributed by atoms with van der Waals surface area (Å²) in [6, 6.07) is 8.40. The Kier molecular flexibility index (Phi) is 6.03. The van der Waals surface area contributed by atoms with Crippen LogP contribution in [-0.4, -0.2) is 41.0 Å². The quantitative estimate of drug-likeness (QED) is 0.593. The number of aromatic amines is 1.